The zero-order chi connectivity index (χ0) is 15.4. The van der Waals surface area contributed by atoms with Gasteiger partial charge in [-0.2, -0.15) is 0 Å². The Morgan fingerprint density at radius 3 is 2.57 bits per heavy atom. The molecular weight excluding hydrogens is 352 g/mol. The Balaban J connectivity index is 2.21. The van der Waals surface area contributed by atoms with Crippen LogP contribution < -0.4 is 10.6 Å². The van der Waals surface area contributed by atoms with Crippen LogP contribution in [0.3, 0.4) is 0 Å². The number of thiophene rings is 1. The van der Waals surface area contributed by atoms with E-state index >= 15 is 0 Å². The van der Waals surface area contributed by atoms with Crippen LogP contribution in [-0.2, 0) is 0 Å². The van der Waals surface area contributed by atoms with Crippen molar-refractivity contribution in [2.24, 2.45) is 0 Å². The molecule has 0 saturated carbocycles. The summed E-state index contributed by atoms with van der Waals surface area (Å²) < 4.78 is 0.903. The largest absolute Gasteiger partial charge is 0.352 e. The Labute approximate surface area is 135 Å². The lowest BCUT2D eigenvalue weighted by Crippen LogP contribution is -2.23. The Morgan fingerprint density at radius 2 is 1.95 bits per heavy atom. The van der Waals surface area contributed by atoms with Crippen molar-refractivity contribution in [2.45, 2.75) is 13.8 Å². The molecule has 2 rings (SSSR count). The summed E-state index contributed by atoms with van der Waals surface area (Å²) in [5.74, 6) is -0.325. The molecule has 21 heavy (non-hydrogen) atoms. The van der Waals surface area contributed by atoms with Crippen LogP contribution in [-0.4, -0.2) is 18.4 Å². The van der Waals surface area contributed by atoms with E-state index in [1.807, 2.05) is 26.0 Å². The Morgan fingerprint density at radius 1 is 1.19 bits per heavy atom. The molecule has 0 aliphatic rings. The van der Waals surface area contributed by atoms with Gasteiger partial charge in [0.1, 0.15) is 0 Å². The molecule has 0 aliphatic heterocycles. The first-order valence-electron chi connectivity index (χ1n) is 6.46. The van der Waals surface area contributed by atoms with Gasteiger partial charge in [-0.15, -0.1) is 11.3 Å². The lowest BCUT2D eigenvalue weighted by atomic mass is 10.1. The highest BCUT2D eigenvalue weighted by Crippen LogP contribution is 2.24. The van der Waals surface area contributed by atoms with Crippen molar-refractivity contribution in [2.75, 3.05) is 11.9 Å². The quantitative estimate of drug-likeness (QED) is 0.863. The molecule has 2 aromatic rings. The maximum absolute atomic E-state index is 12.2. The van der Waals surface area contributed by atoms with Gasteiger partial charge in [0.2, 0.25) is 0 Å². The van der Waals surface area contributed by atoms with Crippen LogP contribution >= 0.6 is 27.3 Å². The number of aryl methyl sites for hydroxylation is 1. The van der Waals surface area contributed by atoms with Crippen LogP contribution in [0.2, 0.25) is 0 Å². The van der Waals surface area contributed by atoms with Gasteiger partial charge in [-0.05, 0) is 59.6 Å². The topological polar surface area (TPSA) is 58.2 Å². The van der Waals surface area contributed by atoms with E-state index in [0.717, 1.165) is 9.35 Å². The lowest BCUT2D eigenvalue weighted by Gasteiger charge is -2.10. The summed E-state index contributed by atoms with van der Waals surface area (Å²) in [4.78, 5) is 24.6. The van der Waals surface area contributed by atoms with Crippen LogP contribution in [0.25, 0.3) is 0 Å². The number of rotatable bonds is 4. The van der Waals surface area contributed by atoms with Gasteiger partial charge >= 0.3 is 0 Å². The number of amides is 2. The smallest absolute Gasteiger partial charge is 0.265 e. The molecule has 0 fully saturated rings. The van der Waals surface area contributed by atoms with Gasteiger partial charge in [-0.1, -0.05) is 6.07 Å². The fourth-order valence-electron chi connectivity index (χ4n) is 1.78. The normalized spacial score (nSPS) is 10.2. The van der Waals surface area contributed by atoms with E-state index in [9.17, 15) is 9.59 Å². The summed E-state index contributed by atoms with van der Waals surface area (Å²) in [5, 5.41) is 5.59. The van der Waals surface area contributed by atoms with Crippen molar-refractivity contribution in [3.8, 4) is 0 Å². The molecule has 0 radical (unpaired) electrons. The minimum Gasteiger partial charge on any atom is -0.352 e. The Hall–Kier alpha value is -1.66. The minimum absolute atomic E-state index is 0.146. The van der Waals surface area contributed by atoms with Crippen LogP contribution in [0.15, 0.2) is 34.1 Å². The first kappa shape index (κ1) is 15.7. The number of hydrogen-bond donors (Lipinski definition) is 2. The highest BCUT2D eigenvalue weighted by molar-refractivity contribution is 9.11. The first-order chi connectivity index (χ1) is 10.0. The van der Waals surface area contributed by atoms with Gasteiger partial charge in [0.05, 0.1) is 8.66 Å². The fourth-order valence-corrected chi connectivity index (χ4v) is 3.06. The van der Waals surface area contributed by atoms with E-state index in [1.165, 1.54) is 11.3 Å². The standard InChI is InChI=1S/C15H15BrN2O2S/c1-3-17-14(19)10-5-4-9(2)11(8-10)18-15(20)12-6-7-13(16)21-12/h4-8H,3H2,1-2H3,(H,17,19)(H,18,20). The molecule has 2 amide bonds. The van der Waals surface area contributed by atoms with Crippen LogP contribution in [0, 0.1) is 6.92 Å². The summed E-state index contributed by atoms with van der Waals surface area (Å²) in [5.41, 5.74) is 2.09. The van der Waals surface area contributed by atoms with Gasteiger partial charge in [-0.3, -0.25) is 9.59 Å². The SMILES string of the molecule is CCNC(=O)c1ccc(C)c(NC(=O)c2ccc(Br)s2)c1. The number of hydrogen-bond acceptors (Lipinski definition) is 3. The Kier molecular flexibility index (Phi) is 5.14. The molecule has 1 heterocycles. The van der Waals surface area contributed by atoms with Gasteiger partial charge in [0.15, 0.2) is 0 Å². The molecule has 0 saturated heterocycles. The average molecular weight is 367 g/mol. The van der Waals surface area contributed by atoms with E-state index in [-0.39, 0.29) is 11.8 Å². The number of benzene rings is 1. The third-order valence-corrected chi connectivity index (χ3v) is 4.50. The van der Waals surface area contributed by atoms with E-state index < -0.39 is 0 Å². The molecule has 1 aromatic heterocycles. The maximum Gasteiger partial charge on any atom is 0.265 e. The first-order valence-corrected chi connectivity index (χ1v) is 8.07. The van der Waals surface area contributed by atoms with E-state index in [2.05, 4.69) is 26.6 Å². The van der Waals surface area contributed by atoms with Crippen LogP contribution in [0.4, 0.5) is 5.69 Å². The van der Waals surface area contributed by atoms with Crippen molar-refractivity contribution in [3.05, 3.63) is 50.1 Å². The van der Waals surface area contributed by atoms with Crippen molar-refractivity contribution < 1.29 is 9.59 Å². The second kappa shape index (κ2) is 6.87. The number of nitrogens with one attached hydrogen (secondary N) is 2. The van der Waals surface area contributed by atoms with Gasteiger partial charge in [-0.25, -0.2) is 0 Å². The lowest BCUT2D eigenvalue weighted by molar-refractivity contribution is 0.0954. The molecule has 4 nitrogen and oxygen atoms in total. The molecule has 110 valence electrons. The zero-order valence-corrected chi connectivity index (χ0v) is 14.1. The van der Waals surface area contributed by atoms with Crippen molar-refractivity contribution in [3.63, 3.8) is 0 Å². The molecule has 6 heteroatoms. The second-order valence-corrected chi connectivity index (χ2v) is 6.91. The number of anilines is 1. The summed E-state index contributed by atoms with van der Waals surface area (Å²) >= 11 is 4.70. The van der Waals surface area contributed by atoms with E-state index in [0.29, 0.717) is 22.7 Å². The predicted molar refractivity (Wildman–Crippen MR) is 89.2 cm³/mol. The highest BCUT2D eigenvalue weighted by Gasteiger charge is 2.12. The summed E-state index contributed by atoms with van der Waals surface area (Å²) in [6.45, 7) is 4.32. The average Bonchev–Trinajstić information content (AvgIpc) is 2.88. The van der Waals surface area contributed by atoms with Crippen LogP contribution in [0.1, 0.15) is 32.5 Å². The van der Waals surface area contributed by atoms with Crippen molar-refractivity contribution in [1.82, 2.24) is 5.32 Å². The summed E-state index contributed by atoms with van der Waals surface area (Å²) in [7, 11) is 0. The summed E-state index contributed by atoms with van der Waals surface area (Å²) in [6, 6.07) is 8.85. The second-order valence-electron chi connectivity index (χ2n) is 4.45. The van der Waals surface area contributed by atoms with Crippen molar-refractivity contribution >= 4 is 44.8 Å². The monoisotopic (exact) mass is 366 g/mol. The maximum atomic E-state index is 12.2. The number of carbonyl (C=O) groups is 2. The molecule has 1 aromatic carbocycles. The van der Waals surface area contributed by atoms with Crippen molar-refractivity contribution in [1.29, 1.82) is 0 Å². The van der Waals surface area contributed by atoms with Crippen LogP contribution in [0.5, 0.6) is 0 Å². The minimum atomic E-state index is -0.179. The molecular formula is C15H15BrN2O2S. The summed E-state index contributed by atoms with van der Waals surface area (Å²) in [6.07, 6.45) is 0. The molecule has 2 N–H and O–H groups in total. The molecule has 0 atom stereocenters. The third-order valence-electron chi connectivity index (χ3n) is 2.88. The highest BCUT2D eigenvalue weighted by atomic mass is 79.9. The van der Waals surface area contributed by atoms with Gasteiger partial charge in [0, 0.05) is 17.8 Å². The molecule has 0 bridgehead atoms. The van der Waals surface area contributed by atoms with E-state index in [4.69, 9.17) is 0 Å². The predicted octanol–water partition coefficient (Wildman–Crippen LogP) is 3.82. The third kappa shape index (κ3) is 3.92. The van der Waals surface area contributed by atoms with Gasteiger partial charge < -0.3 is 10.6 Å². The molecule has 0 spiro atoms. The fraction of sp³-hybridized carbons (Fsp3) is 0.200. The van der Waals surface area contributed by atoms with Gasteiger partial charge in [0.25, 0.3) is 11.8 Å². The number of carbonyl (C=O) groups excluding carboxylic acids is 2. The molecule has 0 aliphatic carbocycles. The number of halogens is 1. The molecule has 0 unspecified atom stereocenters. The zero-order valence-electron chi connectivity index (χ0n) is 11.7. The van der Waals surface area contributed by atoms with E-state index in [1.54, 1.807) is 18.2 Å². The Bertz CT molecular complexity index is 682.